The maximum Gasteiger partial charge on any atom is 0.394 e. The van der Waals surface area contributed by atoms with Gasteiger partial charge in [-0.25, -0.2) is 0 Å². The molecule has 7 heteroatoms. The fourth-order valence-electron chi connectivity index (χ4n) is 0. The van der Waals surface area contributed by atoms with Crippen LogP contribution in [0.3, 0.4) is 0 Å². The van der Waals surface area contributed by atoms with Crippen LogP contribution < -0.4 is 0 Å². The van der Waals surface area contributed by atoms with Gasteiger partial charge in [0.15, 0.2) is 0 Å². The van der Waals surface area contributed by atoms with Gasteiger partial charge in [0.05, 0.1) is 0 Å². The molecule has 0 saturated carbocycles. The van der Waals surface area contributed by atoms with Crippen molar-refractivity contribution in [2.45, 2.75) is 0 Å². The fourth-order valence-corrected chi connectivity index (χ4v) is 0. The standard InChI is InChI=1S/Cr.Ni.H2O4S/c;;1-5(2,3)4/h;;(H2,1,2,3,4). The van der Waals surface area contributed by atoms with E-state index in [9.17, 15) is 0 Å². The third kappa shape index (κ3) is 206. The van der Waals surface area contributed by atoms with E-state index >= 15 is 0 Å². The Morgan fingerprint density at radius 1 is 1.14 bits per heavy atom. The normalized spacial score (nSPS) is 8.29. The van der Waals surface area contributed by atoms with Gasteiger partial charge in [-0.15, -0.1) is 0 Å². The first-order valence-corrected chi connectivity index (χ1v) is 2.10. The Balaban J connectivity index is -0.0000000800. The minimum absolute atomic E-state index is 0. The molecule has 4 nitrogen and oxygen atoms in total. The largest absolute Gasteiger partial charge is 0.394 e. The first-order chi connectivity index (χ1) is 2.00. The van der Waals surface area contributed by atoms with Gasteiger partial charge in [-0.2, -0.15) is 8.42 Å². The molecule has 0 aliphatic rings. The van der Waals surface area contributed by atoms with E-state index in [1.807, 2.05) is 0 Å². The summed E-state index contributed by atoms with van der Waals surface area (Å²) in [6.07, 6.45) is 0. The quantitative estimate of drug-likeness (QED) is 0.410. The zero-order chi connectivity index (χ0) is 4.50. The average molecular weight is 209 g/mol. The van der Waals surface area contributed by atoms with Crippen molar-refractivity contribution in [2.75, 3.05) is 0 Å². The van der Waals surface area contributed by atoms with E-state index < -0.39 is 10.4 Å². The molecule has 0 saturated heterocycles. The van der Waals surface area contributed by atoms with Crippen LogP contribution in [-0.4, -0.2) is 17.5 Å². The second-order valence-electron chi connectivity index (χ2n) is 0.448. The maximum absolute atomic E-state index is 8.74. The zero-order valence-corrected chi connectivity index (χ0v) is 5.92. The Hall–Kier alpha value is 0.896. The van der Waals surface area contributed by atoms with Crippen LogP contribution in [0.25, 0.3) is 0 Å². The van der Waals surface area contributed by atoms with Crippen LogP contribution in [0.4, 0.5) is 0 Å². The molecular weight excluding hydrogens is 207 g/mol. The smallest absolute Gasteiger partial charge is 0.264 e. The predicted octanol–water partition coefficient (Wildman–Crippen LogP) is -0.658. The molecule has 7 heavy (non-hydrogen) atoms. The fraction of sp³-hybridized carbons (Fsp3) is 0. The Bertz CT molecular complexity index is 94.9. The topological polar surface area (TPSA) is 74.6 Å². The Morgan fingerprint density at radius 3 is 1.14 bits per heavy atom. The van der Waals surface area contributed by atoms with Gasteiger partial charge in [-0.3, -0.25) is 9.11 Å². The molecule has 0 amide bonds. The van der Waals surface area contributed by atoms with Gasteiger partial charge in [0.25, 0.3) is 0 Å². The van der Waals surface area contributed by atoms with E-state index in [4.69, 9.17) is 17.5 Å². The van der Waals surface area contributed by atoms with Gasteiger partial charge in [0.2, 0.25) is 0 Å². The summed E-state index contributed by atoms with van der Waals surface area (Å²) in [7, 11) is -4.67. The molecule has 0 radical (unpaired) electrons. The van der Waals surface area contributed by atoms with Crippen molar-refractivity contribution in [1.29, 1.82) is 0 Å². The van der Waals surface area contributed by atoms with E-state index in [0.717, 1.165) is 0 Å². The second kappa shape index (κ2) is 5.04. The summed E-state index contributed by atoms with van der Waals surface area (Å²) >= 11 is 0. The maximum atomic E-state index is 8.74. The molecule has 0 aromatic heterocycles. The molecule has 0 aromatic rings. The zero-order valence-electron chi connectivity index (χ0n) is 2.84. The minimum Gasteiger partial charge on any atom is -0.264 e. The van der Waals surface area contributed by atoms with Gasteiger partial charge in [-0.1, -0.05) is 0 Å². The van der Waals surface area contributed by atoms with Crippen molar-refractivity contribution >= 4 is 10.4 Å². The molecule has 0 bridgehead atoms. The monoisotopic (exact) mass is 208 g/mol. The molecule has 0 aromatic carbocycles. The van der Waals surface area contributed by atoms with Crippen molar-refractivity contribution in [1.82, 2.24) is 0 Å². The first kappa shape index (κ1) is 15.7. The summed E-state index contributed by atoms with van der Waals surface area (Å²) in [5.74, 6) is 0. The number of rotatable bonds is 0. The summed E-state index contributed by atoms with van der Waals surface area (Å²) in [6.45, 7) is 0. The third-order valence-corrected chi connectivity index (χ3v) is 0. The minimum atomic E-state index is -4.67. The summed E-state index contributed by atoms with van der Waals surface area (Å²) in [5.41, 5.74) is 0. The van der Waals surface area contributed by atoms with Crippen LogP contribution in [0.5, 0.6) is 0 Å². The van der Waals surface area contributed by atoms with Crippen molar-refractivity contribution in [3.05, 3.63) is 0 Å². The van der Waals surface area contributed by atoms with Gasteiger partial charge >= 0.3 is 10.4 Å². The Morgan fingerprint density at radius 2 is 1.14 bits per heavy atom. The number of hydrogen-bond acceptors (Lipinski definition) is 2. The average Bonchev–Trinajstić information content (AvgIpc) is 0.722. The molecule has 0 unspecified atom stereocenters. The first-order valence-electron chi connectivity index (χ1n) is 0.698. The van der Waals surface area contributed by atoms with E-state index in [1.165, 1.54) is 0 Å². The molecule has 0 atom stereocenters. The summed E-state index contributed by atoms with van der Waals surface area (Å²) in [4.78, 5) is 0. The van der Waals surface area contributed by atoms with Gasteiger partial charge in [-0.05, 0) is 0 Å². The van der Waals surface area contributed by atoms with Crippen LogP contribution in [0.15, 0.2) is 0 Å². The van der Waals surface area contributed by atoms with Crippen molar-refractivity contribution in [3.63, 3.8) is 0 Å². The molecule has 0 spiro atoms. The SMILES string of the molecule is O=S(=O)(O)O.[Cr].[Ni]. The molecule has 2 N–H and O–H groups in total. The molecular formula is H2CrNiO4S. The van der Waals surface area contributed by atoms with E-state index in [-0.39, 0.29) is 33.9 Å². The van der Waals surface area contributed by atoms with Gasteiger partial charge in [0, 0.05) is 33.9 Å². The summed E-state index contributed by atoms with van der Waals surface area (Å²) in [6, 6.07) is 0. The van der Waals surface area contributed by atoms with Crippen LogP contribution >= 0.6 is 0 Å². The van der Waals surface area contributed by atoms with Crippen molar-refractivity contribution < 1.29 is 51.4 Å². The van der Waals surface area contributed by atoms with Crippen LogP contribution in [0, 0.1) is 0 Å². The number of hydrogen-bond donors (Lipinski definition) is 2. The second-order valence-corrected chi connectivity index (χ2v) is 1.34. The van der Waals surface area contributed by atoms with Gasteiger partial charge < -0.3 is 0 Å². The summed E-state index contributed by atoms with van der Waals surface area (Å²) < 4.78 is 31.6. The molecule has 0 rings (SSSR count). The van der Waals surface area contributed by atoms with Crippen LogP contribution in [0.1, 0.15) is 0 Å². The predicted molar refractivity (Wildman–Crippen MR) is 14.2 cm³/mol. The molecule has 0 aliphatic heterocycles. The molecule has 48 valence electrons. The third-order valence-electron chi connectivity index (χ3n) is 0. The van der Waals surface area contributed by atoms with E-state index in [0.29, 0.717) is 0 Å². The molecule has 0 heterocycles. The Kier molecular flexibility index (Phi) is 11.3. The van der Waals surface area contributed by atoms with Crippen molar-refractivity contribution in [3.8, 4) is 0 Å². The Labute approximate surface area is 61.9 Å². The molecule has 0 aliphatic carbocycles. The van der Waals surface area contributed by atoms with Gasteiger partial charge in [0.1, 0.15) is 0 Å². The summed E-state index contributed by atoms with van der Waals surface area (Å²) in [5, 5.41) is 0. The molecule has 0 fully saturated rings. The van der Waals surface area contributed by atoms with E-state index in [2.05, 4.69) is 0 Å². The van der Waals surface area contributed by atoms with E-state index in [1.54, 1.807) is 0 Å². The van der Waals surface area contributed by atoms with Crippen LogP contribution in [0.2, 0.25) is 0 Å². The van der Waals surface area contributed by atoms with Crippen molar-refractivity contribution in [2.24, 2.45) is 0 Å². The van der Waals surface area contributed by atoms with Crippen LogP contribution in [-0.2, 0) is 44.3 Å².